The van der Waals surface area contributed by atoms with Crippen molar-refractivity contribution in [2.24, 2.45) is 0 Å². The van der Waals surface area contributed by atoms with E-state index in [9.17, 15) is 27.1 Å². The van der Waals surface area contributed by atoms with Gasteiger partial charge in [-0.2, -0.15) is 0 Å². The summed E-state index contributed by atoms with van der Waals surface area (Å²) in [4.78, 5) is 0. The second-order valence-corrected chi connectivity index (χ2v) is 4.43. The third-order valence-electron chi connectivity index (χ3n) is 3.06. The standard InChI is InChI=1S/C13H9F5O/c14-8-7(3-6-13(19)4-1-2-5-13)9(15)11(17)12(18)10(8)16/h19H,1-2,4-5H2. The van der Waals surface area contributed by atoms with Crippen molar-refractivity contribution >= 4 is 0 Å². The minimum Gasteiger partial charge on any atom is -0.378 e. The minimum absolute atomic E-state index is 0.315. The molecule has 1 aliphatic rings. The Morgan fingerprint density at radius 2 is 1.21 bits per heavy atom. The van der Waals surface area contributed by atoms with Gasteiger partial charge in [0.25, 0.3) is 0 Å². The highest BCUT2D eigenvalue weighted by atomic mass is 19.2. The fraction of sp³-hybridized carbons (Fsp3) is 0.385. The summed E-state index contributed by atoms with van der Waals surface area (Å²) < 4.78 is 65.2. The van der Waals surface area contributed by atoms with E-state index in [0.717, 1.165) is 0 Å². The van der Waals surface area contributed by atoms with E-state index in [2.05, 4.69) is 5.92 Å². The molecule has 0 unspecified atom stereocenters. The molecule has 0 saturated heterocycles. The summed E-state index contributed by atoms with van der Waals surface area (Å²) in [6.07, 6.45) is 2.02. The maximum Gasteiger partial charge on any atom is 0.200 e. The van der Waals surface area contributed by atoms with Crippen LogP contribution in [0.2, 0.25) is 0 Å². The average molecular weight is 276 g/mol. The quantitative estimate of drug-likeness (QED) is 0.334. The molecule has 1 N–H and O–H groups in total. The molecular formula is C13H9F5O. The molecule has 0 bridgehead atoms. The summed E-state index contributed by atoms with van der Waals surface area (Å²) in [5.74, 6) is -6.19. The molecule has 0 aromatic heterocycles. The van der Waals surface area contributed by atoms with Gasteiger partial charge < -0.3 is 5.11 Å². The molecule has 6 heteroatoms. The highest BCUT2D eigenvalue weighted by Gasteiger charge is 2.30. The third kappa shape index (κ3) is 2.43. The van der Waals surface area contributed by atoms with E-state index in [1.54, 1.807) is 0 Å². The predicted octanol–water partition coefficient (Wildman–Crippen LogP) is 3.04. The lowest BCUT2D eigenvalue weighted by Crippen LogP contribution is -2.21. The number of hydrogen-bond acceptors (Lipinski definition) is 1. The Morgan fingerprint density at radius 1 is 0.789 bits per heavy atom. The lowest BCUT2D eigenvalue weighted by atomic mass is 10.0. The van der Waals surface area contributed by atoms with Crippen LogP contribution in [0.5, 0.6) is 0 Å². The molecule has 2 rings (SSSR count). The zero-order valence-electron chi connectivity index (χ0n) is 9.67. The van der Waals surface area contributed by atoms with Crippen LogP contribution in [0.1, 0.15) is 31.2 Å². The van der Waals surface area contributed by atoms with E-state index in [0.29, 0.717) is 25.7 Å². The van der Waals surface area contributed by atoms with Gasteiger partial charge in [-0.3, -0.25) is 0 Å². The normalized spacial score (nSPS) is 17.2. The van der Waals surface area contributed by atoms with Gasteiger partial charge in [0.15, 0.2) is 23.3 Å². The van der Waals surface area contributed by atoms with Crippen molar-refractivity contribution in [3.05, 3.63) is 34.6 Å². The second-order valence-electron chi connectivity index (χ2n) is 4.43. The lowest BCUT2D eigenvalue weighted by molar-refractivity contribution is 0.110. The zero-order chi connectivity index (χ0) is 14.2. The Morgan fingerprint density at radius 3 is 1.68 bits per heavy atom. The summed E-state index contributed by atoms with van der Waals surface area (Å²) in [6.45, 7) is 0. The van der Waals surface area contributed by atoms with Gasteiger partial charge in [0.05, 0.1) is 0 Å². The molecule has 0 aliphatic heterocycles. The molecule has 0 heterocycles. The monoisotopic (exact) mass is 276 g/mol. The predicted molar refractivity (Wildman–Crippen MR) is 56.5 cm³/mol. The molecule has 0 atom stereocenters. The lowest BCUT2D eigenvalue weighted by Gasteiger charge is -2.13. The van der Waals surface area contributed by atoms with Crippen molar-refractivity contribution in [2.75, 3.05) is 0 Å². The van der Waals surface area contributed by atoms with Crippen LogP contribution in [-0.2, 0) is 0 Å². The van der Waals surface area contributed by atoms with Crippen LogP contribution >= 0.6 is 0 Å². The molecule has 19 heavy (non-hydrogen) atoms. The van der Waals surface area contributed by atoms with Gasteiger partial charge in [0.2, 0.25) is 5.82 Å². The summed E-state index contributed by atoms with van der Waals surface area (Å²) in [5.41, 5.74) is -2.63. The van der Waals surface area contributed by atoms with Crippen LogP contribution in [-0.4, -0.2) is 10.7 Å². The summed E-state index contributed by atoms with van der Waals surface area (Å²) in [6, 6.07) is 0. The van der Waals surface area contributed by atoms with Gasteiger partial charge >= 0.3 is 0 Å². The summed E-state index contributed by atoms with van der Waals surface area (Å²) in [7, 11) is 0. The molecule has 0 radical (unpaired) electrons. The molecule has 102 valence electrons. The van der Waals surface area contributed by atoms with Crippen molar-refractivity contribution in [1.29, 1.82) is 0 Å². The fourth-order valence-electron chi connectivity index (χ4n) is 1.98. The van der Waals surface area contributed by atoms with Crippen molar-refractivity contribution in [3.63, 3.8) is 0 Å². The number of halogens is 5. The van der Waals surface area contributed by atoms with Crippen LogP contribution in [0.25, 0.3) is 0 Å². The Labute approximate surface area is 106 Å². The van der Waals surface area contributed by atoms with E-state index in [4.69, 9.17) is 0 Å². The maximum atomic E-state index is 13.3. The zero-order valence-corrected chi connectivity index (χ0v) is 9.67. The molecule has 0 amide bonds. The van der Waals surface area contributed by atoms with E-state index in [1.807, 2.05) is 5.92 Å². The molecule has 1 saturated carbocycles. The number of benzene rings is 1. The smallest absolute Gasteiger partial charge is 0.200 e. The van der Waals surface area contributed by atoms with E-state index < -0.39 is 40.3 Å². The van der Waals surface area contributed by atoms with Gasteiger partial charge in [0, 0.05) is 0 Å². The first kappa shape index (κ1) is 13.8. The Bertz CT molecular complexity index is 550. The summed E-state index contributed by atoms with van der Waals surface area (Å²) in [5, 5.41) is 9.85. The highest BCUT2D eigenvalue weighted by molar-refractivity contribution is 5.40. The van der Waals surface area contributed by atoms with Crippen molar-refractivity contribution in [3.8, 4) is 11.8 Å². The van der Waals surface area contributed by atoms with Gasteiger partial charge in [-0.25, -0.2) is 22.0 Å². The number of aliphatic hydroxyl groups is 1. The fourth-order valence-corrected chi connectivity index (χ4v) is 1.98. The molecular weight excluding hydrogens is 267 g/mol. The SMILES string of the molecule is OC1(C#Cc2c(F)c(F)c(F)c(F)c2F)CCCC1. The van der Waals surface area contributed by atoms with Gasteiger partial charge in [0.1, 0.15) is 11.2 Å². The average Bonchev–Trinajstić information content (AvgIpc) is 2.81. The topological polar surface area (TPSA) is 20.2 Å². The van der Waals surface area contributed by atoms with Crippen LogP contribution in [0.15, 0.2) is 0 Å². The highest BCUT2D eigenvalue weighted by Crippen LogP contribution is 2.29. The minimum atomic E-state index is -2.22. The summed E-state index contributed by atoms with van der Waals surface area (Å²) >= 11 is 0. The second kappa shape index (κ2) is 4.82. The van der Waals surface area contributed by atoms with Crippen molar-refractivity contribution < 1.29 is 27.1 Å². The van der Waals surface area contributed by atoms with Crippen molar-refractivity contribution in [1.82, 2.24) is 0 Å². The third-order valence-corrected chi connectivity index (χ3v) is 3.06. The number of hydrogen-bond donors (Lipinski definition) is 1. The first-order valence-corrected chi connectivity index (χ1v) is 5.63. The van der Waals surface area contributed by atoms with E-state index in [-0.39, 0.29) is 0 Å². The maximum absolute atomic E-state index is 13.3. The Balaban J connectivity index is 2.50. The first-order chi connectivity index (χ1) is 8.86. The van der Waals surface area contributed by atoms with Crippen LogP contribution in [0.3, 0.4) is 0 Å². The molecule has 1 aromatic carbocycles. The largest absolute Gasteiger partial charge is 0.378 e. The molecule has 1 aromatic rings. The van der Waals surface area contributed by atoms with Crippen molar-refractivity contribution in [2.45, 2.75) is 31.3 Å². The van der Waals surface area contributed by atoms with E-state index in [1.165, 1.54) is 0 Å². The van der Waals surface area contributed by atoms with Gasteiger partial charge in [-0.15, -0.1) is 0 Å². The van der Waals surface area contributed by atoms with Crippen LogP contribution < -0.4 is 0 Å². The van der Waals surface area contributed by atoms with Crippen LogP contribution in [0.4, 0.5) is 22.0 Å². The first-order valence-electron chi connectivity index (χ1n) is 5.63. The van der Waals surface area contributed by atoms with Gasteiger partial charge in [-0.1, -0.05) is 11.8 Å². The Hall–Kier alpha value is -1.61. The molecule has 1 fully saturated rings. The number of rotatable bonds is 0. The Kier molecular flexibility index (Phi) is 3.50. The molecule has 1 aliphatic carbocycles. The van der Waals surface area contributed by atoms with E-state index >= 15 is 0 Å². The molecule has 0 spiro atoms. The molecule has 1 nitrogen and oxygen atoms in total. The van der Waals surface area contributed by atoms with Gasteiger partial charge in [-0.05, 0) is 25.7 Å². The van der Waals surface area contributed by atoms with Crippen LogP contribution in [0, 0.1) is 40.9 Å².